The fraction of sp³-hybridized carbons (Fsp3) is 1.00. The molecule has 0 aromatic heterocycles. The van der Waals surface area contributed by atoms with Crippen molar-refractivity contribution in [3.63, 3.8) is 0 Å². The molecule has 1 heterocycles. The lowest BCUT2D eigenvalue weighted by atomic mass is 10.0. The molecule has 0 aromatic rings. The van der Waals surface area contributed by atoms with E-state index in [0.717, 1.165) is 31.7 Å². The van der Waals surface area contributed by atoms with Crippen LogP contribution < -0.4 is 5.32 Å². The second kappa shape index (κ2) is 7.62. The monoisotopic (exact) mass is 261 g/mol. The normalized spacial score (nSPS) is 28.2. The fourth-order valence-corrected chi connectivity index (χ4v) is 3.50. The molecule has 102 valence electrons. The van der Waals surface area contributed by atoms with Gasteiger partial charge in [0.25, 0.3) is 0 Å². The van der Waals surface area contributed by atoms with Gasteiger partial charge in [0.15, 0.2) is 0 Å². The Hall–Kier alpha value is 0.230. The van der Waals surface area contributed by atoms with Crippen molar-refractivity contribution in [1.29, 1.82) is 0 Å². The maximum Gasteiger partial charge on any atom is 0.0666 e. The van der Waals surface area contributed by atoms with Crippen LogP contribution in [0, 0.1) is 0 Å². The third kappa shape index (κ3) is 5.16. The van der Waals surface area contributed by atoms with Crippen molar-refractivity contribution in [3.05, 3.63) is 0 Å². The second-order valence-corrected chi connectivity index (χ2v) is 6.52. The van der Waals surface area contributed by atoms with Gasteiger partial charge >= 0.3 is 0 Å². The Morgan fingerprint density at radius 2 is 2.29 bits per heavy atom. The van der Waals surface area contributed by atoms with Crippen LogP contribution in [0.3, 0.4) is 0 Å². The molecule has 0 radical (unpaired) electrons. The van der Waals surface area contributed by atoms with E-state index in [1.54, 1.807) is 0 Å². The Bertz CT molecular complexity index is 216. The van der Waals surface area contributed by atoms with Crippen molar-refractivity contribution in [2.24, 2.45) is 0 Å². The lowest BCUT2D eigenvalue weighted by molar-refractivity contribution is 0.127. The van der Waals surface area contributed by atoms with Crippen LogP contribution in [0.25, 0.3) is 0 Å². The molecule has 4 heteroatoms. The molecule has 1 fully saturated rings. The van der Waals surface area contributed by atoms with Crippen LogP contribution in [0.4, 0.5) is 0 Å². The van der Waals surface area contributed by atoms with Gasteiger partial charge in [-0.2, -0.15) is 11.8 Å². The molecule has 2 N–H and O–H groups in total. The van der Waals surface area contributed by atoms with Crippen LogP contribution in [-0.4, -0.2) is 47.5 Å². The molecule has 3 unspecified atom stereocenters. The molecule has 0 aromatic carbocycles. The van der Waals surface area contributed by atoms with Crippen LogP contribution in [0.15, 0.2) is 0 Å². The molecule has 1 aliphatic rings. The molecular formula is C13H27NO2S. The highest BCUT2D eigenvalue weighted by molar-refractivity contribution is 7.99. The van der Waals surface area contributed by atoms with Gasteiger partial charge in [0.05, 0.1) is 12.7 Å². The summed E-state index contributed by atoms with van der Waals surface area (Å²) in [5, 5.41) is 13.5. The molecule has 0 saturated carbocycles. The van der Waals surface area contributed by atoms with Crippen molar-refractivity contribution in [2.45, 2.75) is 56.9 Å². The van der Waals surface area contributed by atoms with Gasteiger partial charge in [-0.1, -0.05) is 6.92 Å². The van der Waals surface area contributed by atoms with E-state index < -0.39 is 0 Å². The second-order valence-electron chi connectivity index (χ2n) is 5.17. The summed E-state index contributed by atoms with van der Waals surface area (Å²) in [5.74, 6) is 1.09. The average molecular weight is 261 g/mol. The van der Waals surface area contributed by atoms with Gasteiger partial charge in [-0.25, -0.2) is 0 Å². The molecule has 17 heavy (non-hydrogen) atoms. The Morgan fingerprint density at radius 3 is 2.82 bits per heavy atom. The highest BCUT2D eigenvalue weighted by Gasteiger charge is 2.26. The van der Waals surface area contributed by atoms with Gasteiger partial charge in [0.1, 0.15) is 0 Å². The molecule has 0 aliphatic carbocycles. The maximum atomic E-state index is 9.46. The van der Waals surface area contributed by atoms with Crippen molar-refractivity contribution in [2.75, 3.05) is 25.5 Å². The van der Waals surface area contributed by atoms with E-state index in [4.69, 9.17) is 4.74 Å². The molecular weight excluding hydrogens is 234 g/mol. The van der Waals surface area contributed by atoms with Crippen molar-refractivity contribution in [3.8, 4) is 0 Å². The Morgan fingerprint density at radius 1 is 1.53 bits per heavy atom. The number of hydrogen-bond donors (Lipinski definition) is 2. The quantitative estimate of drug-likeness (QED) is 0.701. The first-order chi connectivity index (χ1) is 8.11. The highest BCUT2D eigenvalue weighted by Crippen LogP contribution is 2.28. The fourth-order valence-electron chi connectivity index (χ4n) is 2.02. The third-order valence-corrected chi connectivity index (χ3v) is 4.93. The topological polar surface area (TPSA) is 41.5 Å². The average Bonchev–Trinajstić information content (AvgIpc) is 2.73. The Labute approximate surface area is 110 Å². The molecule has 0 bridgehead atoms. The molecule has 0 amide bonds. The zero-order chi connectivity index (χ0) is 12.7. The van der Waals surface area contributed by atoms with Crippen LogP contribution in [0.1, 0.15) is 40.0 Å². The van der Waals surface area contributed by atoms with Gasteiger partial charge < -0.3 is 15.2 Å². The van der Waals surface area contributed by atoms with Gasteiger partial charge in [0.2, 0.25) is 0 Å². The van der Waals surface area contributed by atoms with Gasteiger partial charge in [-0.3, -0.25) is 0 Å². The van der Waals surface area contributed by atoms with Gasteiger partial charge in [0, 0.05) is 17.4 Å². The minimum Gasteiger partial charge on any atom is -0.394 e. The number of hydrogen-bond acceptors (Lipinski definition) is 4. The highest BCUT2D eigenvalue weighted by atomic mass is 32.2. The zero-order valence-corrected chi connectivity index (χ0v) is 12.2. The number of ether oxygens (including phenoxy) is 1. The van der Waals surface area contributed by atoms with E-state index in [2.05, 4.69) is 26.1 Å². The maximum absolute atomic E-state index is 9.46. The van der Waals surface area contributed by atoms with Crippen LogP contribution in [0.2, 0.25) is 0 Å². The first-order valence-electron chi connectivity index (χ1n) is 6.70. The standard InChI is InChI=1S/C13H27NO2S/c1-4-7-14-13(3,10-15)6-9-17-12-5-8-16-11(12)2/h11-12,14-15H,4-10H2,1-3H3. The summed E-state index contributed by atoms with van der Waals surface area (Å²) in [7, 11) is 0. The number of thioether (sulfide) groups is 1. The first kappa shape index (κ1) is 15.3. The smallest absolute Gasteiger partial charge is 0.0666 e. The largest absolute Gasteiger partial charge is 0.394 e. The van der Waals surface area contributed by atoms with Gasteiger partial charge in [-0.15, -0.1) is 0 Å². The van der Waals surface area contributed by atoms with E-state index in [9.17, 15) is 5.11 Å². The van der Waals surface area contributed by atoms with E-state index >= 15 is 0 Å². The van der Waals surface area contributed by atoms with Crippen molar-refractivity contribution >= 4 is 11.8 Å². The molecule has 0 spiro atoms. The summed E-state index contributed by atoms with van der Waals surface area (Å²) < 4.78 is 5.55. The Balaban J connectivity index is 2.22. The van der Waals surface area contributed by atoms with Crippen molar-refractivity contribution < 1.29 is 9.84 Å². The predicted octanol–water partition coefficient (Wildman–Crippen LogP) is 2.04. The number of aliphatic hydroxyl groups excluding tert-OH is 1. The third-order valence-electron chi connectivity index (χ3n) is 3.44. The lowest BCUT2D eigenvalue weighted by Gasteiger charge is -2.29. The zero-order valence-electron chi connectivity index (χ0n) is 11.4. The minimum atomic E-state index is -0.119. The van der Waals surface area contributed by atoms with E-state index in [0.29, 0.717) is 11.4 Å². The molecule has 1 saturated heterocycles. The number of aliphatic hydroxyl groups is 1. The summed E-state index contributed by atoms with van der Waals surface area (Å²) in [6.45, 7) is 8.51. The van der Waals surface area contributed by atoms with E-state index in [-0.39, 0.29) is 12.1 Å². The number of nitrogens with one attached hydrogen (secondary N) is 1. The molecule has 1 aliphatic heterocycles. The van der Waals surface area contributed by atoms with Crippen LogP contribution >= 0.6 is 11.8 Å². The first-order valence-corrected chi connectivity index (χ1v) is 7.75. The SMILES string of the molecule is CCCNC(C)(CO)CCSC1CCOC1C. The predicted molar refractivity (Wildman–Crippen MR) is 74.7 cm³/mol. The minimum absolute atomic E-state index is 0.119. The van der Waals surface area contributed by atoms with E-state index in [1.165, 1.54) is 6.42 Å². The number of rotatable bonds is 8. The molecule has 3 atom stereocenters. The summed E-state index contributed by atoms with van der Waals surface area (Å²) in [4.78, 5) is 0. The van der Waals surface area contributed by atoms with Crippen LogP contribution in [-0.2, 0) is 4.74 Å². The summed E-state index contributed by atoms with van der Waals surface area (Å²) in [6, 6.07) is 0. The van der Waals surface area contributed by atoms with Crippen LogP contribution in [0.5, 0.6) is 0 Å². The van der Waals surface area contributed by atoms with Crippen molar-refractivity contribution in [1.82, 2.24) is 5.32 Å². The molecule has 3 nitrogen and oxygen atoms in total. The van der Waals surface area contributed by atoms with E-state index in [1.807, 2.05) is 11.8 Å². The summed E-state index contributed by atoms with van der Waals surface area (Å²) in [5.41, 5.74) is -0.119. The molecule has 1 rings (SSSR count). The Kier molecular flexibility index (Phi) is 6.85. The summed E-state index contributed by atoms with van der Waals surface area (Å²) in [6.07, 6.45) is 3.68. The lowest BCUT2D eigenvalue weighted by Crippen LogP contribution is -2.46. The van der Waals surface area contributed by atoms with Gasteiger partial charge in [-0.05, 0) is 45.4 Å². The summed E-state index contributed by atoms with van der Waals surface area (Å²) >= 11 is 1.99.